The third-order valence-corrected chi connectivity index (χ3v) is 5.43. The van der Waals surface area contributed by atoms with E-state index < -0.39 is 46.8 Å². The molecule has 2 aromatic rings. The van der Waals surface area contributed by atoms with Gasteiger partial charge in [0.1, 0.15) is 5.69 Å². The minimum absolute atomic E-state index is 0.0671. The van der Waals surface area contributed by atoms with Crippen LogP contribution in [0.4, 0.5) is 30.2 Å². The van der Waals surface area contributed by atoms with Crippen molar-refractivity contribution in [1.82, 2.24) is 0 Å². The van der Waals surface area contributed by atoms with Crippen molar-refractivity contribution in [3.63, 3.8) is 0 Å². The van der Waals surface area contributed by atoms with E-state index in [2.05, 4.69) is 5.32 Å². The lowest BCUT2D eigenvalue weighted by Crippen LogP contribution is -2.38. The van der Waals surface area contributed by atoms with Crippen LogP contribution in [0.15, 0.2) is 42.5 Å². The number of carbonyl (C=O) groups excluding carboxylic acids is 2. The quantitative estimate of drug-likeness (QED) is 0.387. The summed E-state index contributed by atoms with van der Waals surface area (Å²) in [5.74, 6) is -1.55. The summed E-state index contributed by atoms with van der Waals surface area (Å²) in [4.78, 5) is 36.4. The number of nitro benzene ring substituents is 1. The average Bonchev–Trinajstić information content (AvgIpc) is 2.78. The highest BCUT2D eigenvalue weighted by Crippen LogP contribution is 2.37. The first-order valence-electron chi connectivity index (χ1n) is 10.2. The fourth-order valence-corrected chi connectivity index (χ4v) is 3.62. The molecule has 0 spiro atoms. The summed E-state index contributed by atoms with van der Waals surface area (Å²) < 4.78 is 43.8. The van der Waals surface area contributed by atoms with Crippen molar-refractivity contribution in [2.45, 2.75) is 25.9 Å². The molecule has 8 nitrogen and oxygen atoms in total. The van der Waals surface area contributed by atoms with Gasteiger partial charge in [0.2, 0.25) is 0 Å². The standard InChI is InChI=1S/C22H22F3N3O5/c1-14-4-2-3-5-17(14)26-20(29)13-33-21(30)15-8-10-27(11-9-15)18-7-6-16(22(23,24)25)12-19(18)28(31)32/h2-7,12,15H,8-11,13H2,1H3,(H,26,29). The first-order chi connectivity index (χ1) is 15.6. The van der Waals surface area contributed by atoms with Gasteiger partial charge in [-0.1, -0.05) is 18.2 Å². The Labute approximate surface area is 187 Å². The molecular weight excluding hydrogens is 443 g/mol. The van der Waals surface area contributed by atoms with Gasteiger partial charge in [-0.3, -0.25) is 19.7 Å². The molecule has 1 heterocycles. The SMILES string of the molecule is Cc1ccccc1NC(=O)COC(=O)C1CCN(c2ccc(C(F)(F)F)cc2[N+](=O)[O-])CC1. The molecule has 1 aliphatic rings. The van der Waals surface area contributed by atoms with E-state index in [0.29, 0.717) is 11.8 Å². The highest BCUT2D eigenvalue weighted by Gasteiger charge is 2.35. The lowest BCUT2D eigenvalue weighted by Gasteiger charge is -2.32. The van der Waals surface area contributed by atoms with Gasteiger partial charge in [-0.2, -0.15) is 13.2 Å². The van der Waals surface area contributed by atoms with Crippen molar-refractivity contribution in [3.05, 3.63) is 63.7 Å². The first-order valence-corrected chi connectivity index (χ1v) is 10.2. The molecule has 33 heavy (non-hydrogen) atoms. The molecule has 1 N–H and O–H groups in total. The second-order valence-electron chi connectivity index (χ2n) is 7.69. The minimum atomic E-state index is -4.69. The number of rotatable bonds is 6. The number of nitrogens with one attached hydrogen (secondary N) is 1. The van der Waals surface area contributed by atoms with Gasteiger partial charge in [-0.25, -0.2) is 0 Å². The number of halogens is 3. The molecule has 1 amide bonds. The first kappa shape index (κ1) is 24.0. The van der Waals surface area contributed by atoms with E-state index in [-0.39, 0.29) is 31.6 Å². The van der Waals surface area contributed by atoms with Crippen LogP contribution < -0.4 is 10.2 Å². The minimum Gasteiger partial charge on any atom is -0.455 e. The van der Waals surface area contributed by atoms with Crippen LogP contribution in [0.5, 0.6) is 0 Å². The number of benzene rings is 2. The number of esters is 1. The fraction of sp³-hybridized carbons (Fsp3) is 0.364. The summed E-state index contributed by atoms with van der Waals surface area (Å²) >= 11 is 0. The Hall–Kier alpha value is -3.63. The Bertz CT molecular complexity index is 1050. The number of carbonyl (C=O) groups is 2. The molecule has 0 aliphatic carbocycles. The largest absolute Gasteiger partial charge is 0.455 e. The van der Waals surface area contributed by atoms with Gasteiger partial charge in [-0.15, -0.1) is 0 Å². The third kappa shape index (κ3) is 5.99. The summed E-state index contributed by atoms with van der Waals surface area (Å²) in [7, 11) is 0. The van der Waals surface area contributed by atoms with Crippen LogP contribution in [0.2, 0.25) is 0 Å². The van der Waals surface area contributed by atoms with Crippen molar-refractivity contribution >= 4 is 28.9 Å². The molecule has 1 saturated heterocycles. The molecule has 3 rings (SSSR count). The molecule has 11 heteroatoms. The van der Waals surface area contributed by atoms with Gasteiger partial charge in [-0.05, 0) is 43.5 Å². The second kappa shape index (κ2) is 9.88. The molecule has 0 unspecified atom stereocenters. The van der Waals surface area contributed by atoms with Crippen LogP contribution in [0.25, 0.3) is 0 Å². The summed E-state index contributed by atoms with van der Waals surface area (Å²) in [6.45, 7) is 1.83. The van der Waals surface area contributed by atoms with Crippen molar-refractivity contribution in [2.24, 2.45) is 5.92 Å². The van der Waals surface area contributed by atoms with Crippen LogP contribution in [-0.4, -0.2) is 36.5 Å². The van der Waals surface area contributed by atoms with Crippen LogP contribution in [0, 0.1) is 23.0 Å². The van der Waals surface area contributed by atoms with E-state index in [1.807, 2.05) is 19.1 Å². The molecule has 1 aliphatic heterocycles. The fourth-order valence-electron chi connectivity index (χ4n) is 3.62. The molecule has 0 aromatic heterocycles. The Morgan fingerprint density at radius 3 is 2.45 bits per heavy atom. The Morgan fingerprint density at radius 1 is 1.18 bits per heavy atom. The summed E-state index contributed by atoms with van der Waals surface area (Å²) in [6.07, 6.45) is -4.11. The summed E-state index contributed by atoms with van der Waals surface area (Å²) in [5.41, 5.74) is -0.191. The van der Waals surface area contributed by atoms with Gasteiger partial charge < -0.3 is 15.0 Å². The topological polar surface area (TPSA) is 102 Å². The Morgan fingerprint density at radius 2 is 1.85 bits per heavy atom. The highest BCUT2D eigenvalue weighted by molar-refractivity contribution is 5.93. The Balaban J connectivity index is 1.55. The van der Waals surface area contributed by atoms with Gasteiger partial charge in [0, 0.05) is 24.8 Å². The lowest BCUT2D eigenvalue weighted by molar-refractivity contribution is -0.384. The van der Waals surface area contributed by atoms with Crippen molar-refractivity contribution < 1.29 is 32.4 Å². The number of amides is 1. The maximum atomic E-state index is 12.9. The van der Waals surface area contributed by atoms with Crippen molar-refractivity contribution in [3.8, 4) is 0 Å². The molecule has 1 fully saturated rings. The van der Waals surface area contributed by atoms with Crippen LogP contribution in [-0.2, 0) is 20.5 Å². The van der Waals surface area contributed by atoms with E-state index in [4.69, 9.17) is 4.74 Å². The van der Waals surface area contributed by atoms with Crippen molar-refractivity contribution in [1.29, 1.82) is 0 Å². The summed E-state index contributed by atoms with van der Waals surface area (Å²) in [6, 6.07) is 9.55. The van der Waals surface area contributed by atoms with Gasteiger partial charge in [0.25, 0.3) is 11.6 Å². The molecule has 176 valence electrons. The van der Waals surface area contributed by atoms with E-state index in [1.54, 1.807) is 17.0 Å². The van der Waals surface area contributed by atoms with E-state index in [1.165, 1.54) is 0 Å². The number of nitrogens with zero attached hydrogens (tertiary/aromatic N) is 2. The number of alkyl halides is 3. The number of para-hydroxylation sites is 1. The average molecular weight is 465 g/mol. The zero-order valence-electron chi connectivity index (χ0n) is 17.7. The maximum absolute atomic E-state index is 12.9. The smallest absolute Gasteiger partial charge is 0.416 e. The van der Waals surface area contributed by atoms with E-state index in [9.17, 15) is 32.9 Å². The molecule has 0 radical (unpaired) electrons. The normalized spacial score (nSPS) is 14.6. The predicted octanol–water partition coefficient (Wildman–Crippen LogP) is 4.32. The number of hydrogen-bond acceptors (Lipinski definition) is 6. The number of nitro groups is 1. The molecule has 2 aromatic carbocycles. The molecule has 0 bridgehead atoms. The lowest BCUT2D eigenvalue weighted by atomic mass is 9.96. The van der Waals surface area contributed by atoms with Crippen LogP contribution >= 0.6 is 0 Å². The second-order valence-corrected chi connectivity index (χ2v) is 7.69. The maximum Gasteiger partial charge on any atom is 0.416 e. The molecular formula is C22H22F3N3O5. The van der Waals surface area contributed by atoms with Gasteiger partial charge >= 0.3 is 12.1 Å². The van der Waals surface area contributed by atoms with E-state index in [0.717, 1.165) is 17.7 Å². The Kier molecular flexibility index (Phi) is 7.19. The molecule has 0 atom stereocenters. The van der Waals surface area contributed by atoms with Crippen molar-refractivity contribution in [2.75, 3.05) is 29.9 Å². The predicted molar refractivity (Wildman–Crippen MR) is 114 cm³/mol. The number of anilines is 2. The zero-order valence-corrected chi connectivity index (χ0v) is 17.7. The van der Waals surface area contributed by atoms with Gasteiger partial charge in [0.05, 0.1) is 16.4 Å². The van der Waals surface area contributed by atoms with E-state index >= 15 is 0 Å². The number of piperidine rings is 1. The highest BCUT2D eigenvalue weighted by atomic mass is 19.4. The zero-order chi connectivity index (χ0) is 24.2. The molecule has 0 saturated carbocycles. The third-order valence-electron chi connectivity index (χ3n) is 5.43. The monoisotopic (exact) mass is 465 g/mol. The van der Waals surface area contributed by atoms with Crippen LogP contribution in [0.1, 0.15) is 24.0 Å². The number of hydrogen-bond donors (Lipinski definition) is 1. The number of aryl methyl sites for hydroxylation is 1. The van der Waals surface area contributed by atoms with Gasteiger partial charge in [0.15, 0.2) is 6.61 Å². The number of ether oxygens (including phenoxy) is 1. The van der Waals surface area contributed by atoms with Crippen LogP contribution in [0.3, 0.4) is 0 Å². The summed E-state index contributed by atoms with van der Waals surface area (Å²) in [5, 5.41) is 14.0.